The lowest BCUT2D eigenvalue weighted by Crippen LogP contribution is -2.11. The molecule has 5 nitrogen and oxygen atoms in total. The van der Waals surface area contributed by atoms with Crippen molar-refractivity contribution in [2.45, 2.75) is 12.5 Å². The highest BCUT2D eigenvalue weighted by Gasteiger charge is 2.08. The molecule has 0 spiro atoms. The van der Waals surface area contributed by atoms with Gasteiger partial charge < -0.3 is 10.8 Å². The zero-order valence-corrected chi connectivity index (χ0v) is 7.34. The highest BCUT2D eigenvalue weighted by Crippen LogP contribution is 2.10. The van der Waals surface area contributed by atoms with E-state index in [1.54, 1.807) is 0 Å². The zero-order valence-electron chi connectivity index (χ0n) is 7.34. The van der Waals surface area contributed by atoms with Crippen molar-refractivity contribution in [3.63, 3.8) is 0 Å². The number of hydrogen-bond acceptors (Lipinski definition) is 4. The minimum atomic E-state index is -1.03. The van der Waals surface area contributed by atoms with Gasteiger partial charge in [-0.05, 0) is 12.1 Å². The molecule has 1 rings (SSSR count). The van der Waals surface area contributed by atoms with Gasteiger partial charge >= 0.3 is 5.97 Å². The van der Waals surface area contributed by atoms with Crippen molar-refractivity contribution in [3.05, 3.63) is 29.6 Å². The van der Waals surface area contributed by atoms with Crippen molar-refractivity contribution in [3.8, 4) is 6.07 Å². The minimum absolute atomic E-state index is 0.109. The van der Waals surface area contributed by atoms with E-state index in [-0.39, 0.29) is 12.0 Å². The van der Waals surface area contributed by atoms with Crippen LogP contribution in [0, 0.1) is 11.3 Å². The lowest BCUT2D eigenvalue weighted by Gasteiger charge is -2.05. The van der Waals surface area contributed by atoms with Gasteiger partial charge in [-0.3, -0.25) is 4.98 Å². The van der Waals surface area contributed by atoms with Crippen molar-refractivity contribution < 1.29 is 9.90 Å². The molecular weight excluding hydrogens is 182 g/mol. The van der Waals surface area contributed by atoms with Gasteiger partial charge in [0, 0.05) is 6.20 Å². The molecule has 0 aromatic carbocycles. The fourth-order valence-corrected chi connectivity index (χ4v) is 0.954. The third kappa shape index (κ3) is 2.28. The van der Waals surface area contributed by atoms with Gasteiger partial charge in [0.15, 0.2) is 0 Å². The van der Waals surface area contributed by atoms with Crippen LogP contribution < -0.4 is 5.73 Å². The van der Waals surface area contributed by atoms with Crippen LogP contribution in [0.3, 0.4) is 0 Å². The number of carbonyl (C=O) groups is 1. The van der Waals surface area contributed by atoms with E-state index in [9.17, 15) is 4.79 Å². The first-order valence-electron chi connectivity index (χ1n) is 3.97. The predicted molar refractivity (Wildman–Crippen MR) is 48.4 cm³/mol. The molecule has 0 amide bonds. The molecule has 1 aromatic rings. The molecule has 72 valence electrons. The number of nitriles is 1. The molecule has 5 heteroatoms. The Hall–Kier alpha value is -1.93. The molecule has 3 N–H and O–H groups in total. The smallest absolute Gasteiger partial charge is 0.337 e. The van der Waals surface area contributed by atoms with Crippen LogP contribution in [0.15, 0.2) is 18.3 Å². The molecule has 0 saturated heterocycles. The summed E-state index contributed by atoms with van der Waals surface area (Å²) in [5, 5.41) is 17.0. The van der Waals surface area contributed by atoms with E-state index in [0.717, 1.165) is 0 Å². The van der Waals surface area contributed by atoms with Crippen LogP contribution >= 0.6 is 0 Å². The summed E-state index contributed by atoms with van der Waals surface area (Å²) in [5.74, 6) is -1.03. The second-order valence-electron chi connectivity index (χ2n) is 2.75. The van der Waals surface area contributed by atoms with Gasteiger partial charge in [0.25, 0.3) is 0 Å². The number of carboxylic acids is 1. The summed E-state index contributed by atoms with van der Waals surface area (Å²) < 4.78 is 0. The Balaban J connectivity index is 2.84. The van der Waals surface area contributed by atoms with Gasteiger partial charge in [-0.1, -0.05) is 0 Å². The summed E-state index contributed by atoms with van der Waals surface area (Å²) in [7, 11) is 0. The van der Waals surface area contributed by atoms with Gasteiger partial charge in [0.2, 0.25) is 0 Å². The molecule has 1 atom stereocenters. The zero-order chi connectivity index (χ0) is 10.6. The molecule has 0 aliphatic carbocycles. The normalized spacial score (nSPS) is 11.7. The maximum Gasteiger partial charge on any atom is 0.337 e. The van der Waals surface area contributed by atoms with Crippen LogP contribution in [-0.2, 0) is 0 Å². The van der Waals surface area contributed by atoms with E-state index in [1.165, 1.54) is 18.3 Å². The second kappa shape index (κ2) is 4.35. The molecule has 1 heterocycles. The average molecular weight is 191 g/mol. The van der Waals surface area contributed by atoms with Gasteiger partial charge in [0.1, 0.15) is 0 Å². The Morgan fingerprint density at radius 2 is 2.43 bits per heavy atom. The lowest BCUT2D eigenvalue weighted by atomic mass is 10.1. The van der Waals surface area contributed by atoms with Crippen molar-refractivity contribution in [1.29, 1.82) is 5.26 Å². The molecule has 0 radical (unpaired) electrons. The minimum Gasteiger partial charge on any atom is -0.478 e. The SMILES string of the molecule is N#CCC(N)c1ccc(C(=O)O)cn1. The average Bonchev–Trinajstić information content (AvgIpc) is 2.18. The fraction of sp³-hybridized carbons (Fsp3) is 0.222. The summed E-state index contributed by atoms with van der Waals surface area (Å²) in [6, 6.07) is 4.40. The van der Waals surface area contributed by atoms with E-state index in [2.05, 4.69) is 4.98 Å². The van der Waals surface area contributed by atoms with Crippen molar-refractivity contribution in [2.75, 3.05) is 0 Å². The van der Waals surface area contributed by atoms with Gasteiger partial charge in [-0.25, -0.2) is 4.79 Å². The highest BCUT2D eigenvalue weighted by atomic mass is 16.4. The van der Waals surface area contributed by atoms with E-state index >= 15 is 0 Å². The molecule has 1 aromatic heterocycles. The Bertz CT molecular complexity index is 367. The van der Waals surface area contributed by atoms with Crippen LogP contribution in [0.2, 0.25) is 0 Å². The Morgan fingerprint density at radius 1 is 1.71 bits per heavy atom. The molecule has 0 aliphatic heterocycles. The molecule has 14 heavy (non-hydrogen) atoms. The summed E-state index contributed by atoms with van der Waals surface area (Å²) in [6.07, 6.45) is 1.40. The molecule has 0 aliphatic rings. The number of carboxylic acid groups (broad SMARTS) is 1. The quantitative estimate of drug-likeness (QED) is 0.732. The Kier molecular flexibility index (Phi) is 3.15. The first kappa shape index (κ1) is 10.2. The fourth-order valence-electron chi connectivity index (χ4n) is 0.954. The summed E-state index contributed by atoms with van der Waals surface area (Å²) in [6.45, 7) is 0. The first-order chi connectivity index (χ1) is 6.65. The summed E-state index contributed by atoms with van der Waals surface area (Å²) >= 11 is 0. The van der Waals surface area contributed by atoms with Gasteiger partial charge in [0.05, 0.1) is 29.8 Å². The van der Waals surface area contributed by atoms with E-state index < -0.39 is 12.0 Å². The van der Waals surface area contributed by atoms with Gasteiger partial charge in [-0.15, -0.1) is 0 Å². The van der Waals surface area contributed by atoms with E-state index in [4.69, 9.17) is 16.1 Å². The van der Waals surface area contributed by atoms with E-state index in [0.29, 0.717) is 5.69 Å². The largest absolute Gasteiger partial charge is 0.478 e. The topological polar surface area (TPSA) is 100 Å². The van der Waals surface area contributed by atoms with E-state index in [1.807, 2.05) is 6.07 Å². The molecule has 0 saturated carbocycles. The van der Waals surface area contributed by atoms with Crippen LogP contribution in [0.5, 0.6) is 0 Å². The van der Waals surface area contributed by atoms with Crippen LogP contribution in [-0.4, -0.2) is 16.1 Å². The number of nitrogens with two attached hydrogens (primary N) is 1. The third-order valence-electron chi connectivity index (χ3n) is 1.72. The number of pyridine rings is 1. The molecule has 1 unspecified atom stereocenters. The number of rotatable bonds is 3. The standard InChI is InChI=1S/C9H9N3O2/c10-4-3-7(11)8-2-1-6(5-12-8)9(13)14/h1-2,5,7H,3,11H2,(H,13,14). The summed E-state index contributed by atoms with van der Waals surface area (Å²) in [4.78, 5) is 14.3. The summed E-state index contributed by atoms with van der Waals surface area (Å²) in [5.41, 5.74) is 6.23. The number of hydrogen-bond donors (Lipinski definition) is 2. The monoisotopic (exact) mass is 191 g/mol. The van der Waals surface area contributed by atoms with Crippen LogP contribution in [0.1, 0.15) is 28.5 Å². The van der Waals surface area contributed by atoms with Crippen LogP contribution in [0.4, 0.5) is 0 Å². The predicted octanol–water partition coefficient (Wildman–Crippen LogP) is 0.693. The molecule has 0 bridgehead atoms. The second-order valence-corrected chi connectivity index (χ2v) is 2.75. The highest BCUT2D eigenvalue weighted by molar-refractivity contribution is 5.87. The van der Waals surface area contributed by atoms with Gasteiger partial charge in [-0.2, -0.15) is 5.26 Å². The third-order valence-corrected chi connectivity index (χ3v) is 1.72. The Labute approximate surface area is 80.8 Å². The maximum absolute atomic E-state index is 10.5. The number of aromatic carboxylic acids is 1. The number of nitrogens with zero attached hydrogens (tertiary/aromatic N) is 2. The van der Waals surface area contributed by atoms with Crippen LogP contribution in [0.25, 0.3) is 0 Å². The van der Waals surface area contributed by atoms with Crippen molar-refractivity contribution in [2.24, 2.45) is 5.73 Å². The maximum atomic E-state index is 10.5. The lowest BCUT2D eigenvalue weighted by molar-refractivity contribution is 0.0696. The van der Waals surface area contributed by atoms with Crippen molar-refractivity contribution in [1.82, 2.24) is 4.98 Å². The first-order valence-corrected chi connectivity index (χ1v) is 3.97. The van der Waals surface area contributed by atoms with Crippen molar-refractivity contribution >= 4 is 5.97 Å². The molecule has 0 fully saturated rings. The number of aromatic nitrogens is 1. The Morgan fingerprint density at radius 3 is 2.86 bits per heavy atom. The molecular formula is C9H9N3O2.